The van der Waals surface area contributed by atoms with E-state index in [0.29, 0.717) is 5.92 Å². The van der Waals surface area contributed by atoms with Crippen LogP contribution < -0.4 is 0 Å². The van der Waals surface area contributed by atoms with Crippen molar-refractivity contribution in [1.82, 2.24) is 0 Å². The van der Waals surface area contributed by atoms with Crippen molar-refractivity contribution in [2.75, 3.05) is 0 Å². The minimum Gasteiger partial charge on any atom is -0.387 e. The summed E-state index contributed by atoms with van der Waals surface area (Å²) in [6.45, 7) is 2.24. The highest BCUT2D eigenvalue weighted by atomic mass is 16.3. The lowest BCUT2D eigenvalue weighted by Crippen LogP contribution is -2.41. The minimum absolute atomic E-state index is 0.312. The number of aliphatic hydroxyl groups is 1. The Kier molecular flexibility index (Phi) is 4.24. The summed E-state index contributed by atoms with van der Waals surface area (Å²) < 4.78 is 0. The van der Waals surface area contributed by atoms with Gasteiger partial charge in [-0.25, -0.2) is 0 Å². The van der Waals surface area contributed by atoms with Gasteiger partial charge in [0.25, 0.3) is 0 Å². The molecular weight excluding hydrogens is 222 g/mol. The highest BCUT2D eigenvalue weighted by Gasteiger charge is 2.44. The molecule has 0 radical (unpaired) electrons. The van der Waals surface area contributed by atoms with Crippen LogP contribution in [0.1, 0.15) is 45.4 Å². The van der Waals surface area contributed by atoms with E-state index in [4.69, 9.17) is 0 Å². The average Bonchev–Trinajstić information content (AvgIpc) is 2.41. The molecule has 1 fully saturated rings. The van der Waals surface area contributed by atoms with Crippen molar-refractivity contribution in [3.63, 3.8) is 0 Å². The van der Waals surface area contributed by atoms with E-state index in [1.165, 1.54) is 25.7 Å². The topological polar surface area (TPSA) is 44.0 Å². The molecule has 0 aromatic rings. The van der Waals surface area contributed by atoms with Gasteiger partial charge < -0.3 is 5.11 Å². The second-order valence-corrected chi connectivity index (χ2v) is 5.74. The second-order valence-electron chi connectivity index (χ2n) is 5.74. The smallest absolute Gasteiger partial charge is 0.108 e. The monoisotopic (exact) mass is 245 g/mol. The number of nitriles is 1. The maximum atomic E-state index is 10.2. The third kappa shape index (κ3) is 2.37. The summed E-state index contributed by atoms with van der Waals surface area (Å²) in [4.78, 5) is 0. The molecule has 1 saturated carbocycles. The van der Waals surface area contributed by atoms with Gasteiger partial charge in [0.2, 0.25) is 0 Å². The molecule has 0 amide bonds. The Labute approximate surface area is 110 Å². The third-order valence-electron chi connectivity index (χ3n) is 4.68. The summed E-state index contributed by atoms with van der Waals surface area (Å²) in [7, 11) is 0. The largest absolute Gasteiger partial charge is 0.387 e. The molecule has 0 saturated heterocycles. The summed E-state index contributed by atoms with van der Waals surface area (Å²) in [5, 5.41) is 19.7. The van der Waals surface area contributed by atoms with Crippen molar-refractivity contribution in [2.45, 2.75) is 51.6 Å². The normalized spacial score (nSPS) is 39.5. The first-order chi connectivity index (χ1) is 8.73. The van der Waals surface area contributed by atoms with Gasteiger partial charge in [0.15, 0.2) is 0 Å². The maximum absolute atomic E-state index is 10.2. The zero-order valence-electron chi connectivity index (χ0n) is 11.2. The Bertz CT molecular complexity index is 371. The van der Waals surface area contributed by atoms with E-state index in [1.54, 1.807) is 6.08 Å². The van der Waals surface area contributed by atoms with Crippen LogP contribution in [0.5, 0.6) is 0 Å². The highest BCUT2D eigenvalue weighted by Crippen LogP contribution is 2.45. The fraction of sp³-hybridized carbons (Fsp3) is 0.688. The Hall–Kier alpha value is -1.07. The van der Waals surface area contributed by atoms with Gasteiger partial charge in [0, 0.05) is 0 Å². The van der Waals surface area contributed by atoms with E-state index in [1.807, 2.05) is 18.2 Å². The van der Waals surface area contributed by atoms with E-state index in [2.05, 4.69) is 13.0 Å². The number of nitrogens with zero attached hydrogens (tertiary/aromatic N) is 1. The maximum Gasteiger partial charge on any atom is 0.108 e. The van der Waals surface area contributed by atoms with Crippen LogP contribution in [0.15, 0.2) is 24.3 Å². The molecule has 2 aliphatic carbocycles. The summed E-state index contributed by atoms with van der Waals surface area (Å²) >= 11 is 0. The molecule has 0 aromatic heterocycles. The number of allylic oxidation sites excluding steroid dienone is 2. The third-order valence-corrected chi connectivity index (χ3v) is 4.68. The van der Waals surface area contributed by atoms with Gasteiger partial charge >= 0.3 is 0 Å². The van der Waals surface area contributed by atoms with Crippen molar-refractivity contribution in [3.8, 4) is 6.07 Å². The number of aliphatic hydroxyl groups excluding tert-OH is 1. The van der Waals surface area contributed by atoms with Gasteiger partial charge in [-0.2, -0.15) is 5.26 Å². The second kappa shape index (κ2) is 5.71. The van der Waals surface area contributed by atoms with Gasteiger partial charge in [-0.1, -0.05) is 56.9 Å². The number of hydrogen-bond acceptors (Lipinski definition) is 2. The lowest BCUT2D eigenvalue weighted by molar-refractivity contribution is 0.0632. The predicted octanol–water partition coefficient (Wildman–Crippen LogP) is 3.59. The Balaban J connectivity index is 2.05. The van der Waals surface area contributed by atoms with Crippen molar-refractivity contribution < 1.29 is 5.11 Å². The van der Waals surface area contributed by atoms with Gasteiger partial charge in [-0.15, -0.1) is 0 Å². The van der Waals surface area contributed by atoms with Crippen LogP contribution in [0.3, 0.4) is 0 Å². The van der Waals surface area contributed by atoms with E-state index in [9.17, 15) is 10.4 Å². The molecule has 0 aliphatic heterocycles. The fourth-order valence-electron chi connectivity index (χ4n) is 3.55. The summed E-state index contributed by atoms with van der Waals surface area (Å²) in [5.41, 5.74) is -0.675. The Morgan fingerprint density at radius 1 is 1.28 bits per heavy atom. The number of rotatable bonds is 3. The van der Waals surface area contributed by atoms with Crippen LogP contribution in [0.25, 0.3) is 0 Å². The summed E-state index contributed by atoms with van der Waals surface area (Å²) in [5.74, 6) is 1.15. The first kappa shape index (κ1) is 13.4. The lowest BCUT2D eigenvalue weighted by Gasteiger charge is -2.40. The molecule has 2 rings (SSSR count). The van der Waals surface area contributed by atoms with Gasteiger partial charge in [-0.05, 0) is 24.7 Å². The quantitative estimate of drug-likeness (QED) is 0.825. The molecule has 0 spiro atoms. The molecule has 2 unspecified atom stereocenters. The molecule has 0 bridgehead atoms. The zero-order valence-corrected chi connectivity index (χ0v) is 11.2. The Morgan fingerprint density at radius 2 is 2.00 bits per heavy atom. The highest BCUT2D eigenvalue weighted by molar-refractivity contribution is 5.29. The fourth-order valence-corrected chi connectivity index (χ4v) is 3.55. The molecule has 1 N–H and O–H groups in total. The molecule has 2 atom stereocenters. The minimum atomic E-state index is -0.675. The molecule has 2 nitrogen and oxygen atoms in total. The first-order valence-electron chi connectivity index (χ1n) is 7.18. The Morgan fingerprint density at radius 3 is 2.56 bits per heavy atom. The molecule has 98 valence electrons. The van der Waals surface area contributed by atoms with Crippen molar-refractivity contribution in [3.05, 3.63) is 24.3 Å². The van der Waals surface area contributed by atoms with Crippen LogP contribution in [0.2, 0.25) is 0 Å². The molecule has 2 heteroatoms. The summed E-state index contributed by atoms with van der Waals surface area (Å²) in [6, 6.07) is 2.40. The molecule has 2 aliphatic rings. The van der Waals surface area contributed by atoms with E-state index >= 15 is 0 Å². The van der Waals surface area contributed by atoms with Crippen molar-refractivity contribution in [1.29, 1.82) is 5.26 Å². The van der Waals surface area contributed by atoms with E-state index in [-0.39, 0.29) is 0 Å². The predicted molar refractivity (Wildman–Crippen MR) is 72.7 cm³/mol. The molecular formula is C16H23NO. The van der Waals surface area contributed by atoms with E-state index in [0.717, 1.165) is 18.8 Å². The van der Waals surface area contributed by atoms with Gasteiger partial charge in [-0.3, -0.25) is 0 Å². The SMILES string of the molecule is CCCC1CCC(C2(C#N)C=CC=CC2O)CC1. The first-order valence-corrected chi connectivity index (χ1v) is 7.18. The molecule has 18 heavy (non-hydrogen) atoms. The van der Waals surface area contributed by atoms with Crippen LogP contribution in [-0.2, 0) is 0 Å². The standard InChI is InChI=1S/C16H23NO/c1-2-5-13-7-9-14(10-8-13)16(12-17)11-4-3-6-15(16)18/h3-4,6,11,13-15,18H,2,5,7-10H2,1H3. The van der Waals surface area contributed by atoms with Gasteiger partial charge in [0.1, 0.15) is 5.41 Å². The summed E-state index contributed by atoms with van der Waals surface area (Å²) in [6.07, 6.45) is 13.9. The number of hydrogen-bond donors (Lipinski definition) is 1. The van der Waals surface area contributed by atoms with Crippen LogP contribution >= 0.6 is 0 Å². The van der Waals surface area contributed by atoms with Crippen LogP contribution in [0.4, 0.5) is 0 Å². The van der Waals surface area contributed by atoms with Crippen molar-refractivity contribution in [2.24, 2.45) is 17.3 Å². The van der Waals surface area contributed by atoms with Crippen LogP contribution in [0, 0.1) is 28.6 Å². The lowest BCUT2D eigenvalue weighted by atomic mass is 9.63. The molecule has 0 heterocycles. The van der Waals surface area contributed by atoms with Gasteiger partial charge in [0.05, 0.1) is 12.2 Å². The molecule has 0 aromatic carbocycles. The average molecular weight is 245 g/mol. The van der Waals surface area contributed by atoms with Crippen LogP contribution in [-0.4, -0.2) is 11.2 Å². The van der Waals surface area contributed by atoms with E-state index < -0.39 is 11.5 Å². The van der Waals surface area contributed by atoms with Crippen molar-refractivity contribution >= 4 is 0 Å². The zero-order chi connectivity index (χ0) is 13.0.